The van der Waals surface area contributed by atoms with Crippen LogP contribution in [0.3, 0.4) is 0 Å². The molecule has 1 unspecified atom stereocenters. The predicted octanol–water partition coefficient (Wildman–Crippen LogP) is 2.25. The fourth-order valence-corrected chi connectivity index (χ4v) is 3.22. The molecule has 2 saturated heterocycles. The summed E-state index contributed by atoms with van der Waals surface area (Å²) in [5.74, 6) is -0.693. The van der Waals surface area contributed by atoms with Crippen molar-refractivity contribution < 1.29 is 23.7 Å². The molecule has 0 aliphatic carbocycles. The average Bonchev–Trinajstić information content (AvgIpc) is 2.69. The maximum atomic E-state index is 10.3. The Labute approximate surface area is 122 Å². The second-order valence-corrected chi connectivity index (χ2v) is 12.5. The first-order chi connectivity index (χ1) is 8.93. The Morgan fingerprint density at radius 3 is 2.30 bits per heavy atom. The monoisotopic (exact) mass is 304 g/mol. The second-order valence-electron chi connectivity index (χ2n) is 7.70. The number of hydrogen-bond acceptors (Lipinski definition) is 5. The number of rotatable bonds is 3. The van der Waals surface area contributed by atoms with Gasteiger partial charge in [-0.1, -0.05) is 20.8 Å². The van der Waals surface area contributed by atoms with E-state index in [0.717, 1.165) is 0 Å². The van der Waals surface area contributed by atoms with Crippen LogP contribution in [-0.4, -0.2) is 50.4 Å². The Morgan fingerprint density at radius 2 is 1.80 bits per heavy atom. The summed E-state index contributed by atoms with van der Waals surface area (Å²) < 4.78 is 23.1. The van der Waals surface area contributed by atoms with Crippen molar-refractivity contribution in [3.8, 4) is 0 Å². The second kappa shape index (κ2) is 5.03. The Morgan fingerprint density at radius 1 is 1.20 bits per heavy atom. The van der Waals surface area contributed by atoms with Gasteiger partial charge in [-0.05, 0) is 32.0 Å². The fraction of sp³-hybridized carbons (Fsp3) is 1.00. The van der Waals surface area contributed by atoms with Gasteiger partial charge in [0, 0.05) is 0 Å². The summed E-state index contributed by atoms with van der Waals surface area (Å²) in [5, 5.41) is 10.4. The molecule has 1 N–H and O–H groups in total. The van der Waals surface area contributed by atoms with E-state index in [-0.39, 0.29) is 11.1 Å². The molecule has 2 aliphatic rings. The third-order valence-corrected chi connectivity index (χ3v) is 9.03. The highest BCUT2D eigenvalue weighted by Gasteiger charge is 2.54. The van der Waals surface area contributed by atoms with Crippen LogP contribution in [0.25, 0.3) is 0 Å². The maximum absolute atomic E-state index is 10.3. The van der Waals surface area contributed by atoms with Crippen LogP contribution in [0.5, 0.6) is 0 Å². The quantitative estimate of drug-likeness (QED) is 0.810. The zero-order valence-electron chi connectivity index (χ0n) is 13.6. The van der Waals surface area contributed by atoms with Gasteiger partial charge in [0.1, 0.15) is 18.3 Å². The van der Waals surface area contributed by atoms with Crippen LogP contribution in [0.15, 0.2) is 0 Å². The zero-order chi connectivity index (χ0) is 15.3. The van der Waals surface area contributed by atoms with Crippen molar-refractivity contribution in [1.82, 2.24) is 0 Å². The van der Waals surface area contributed by atoms with Crippen LogP contribution in [0.2, 0.25) is 18.1 Å². The summed E-state index contributed by atoms with van der Waals surface area (Å²) in [6.45, 7) is 15.0. The minimum absolute atomic E-state index is 0.140. The first-order valence-electron chi connectivity index (χ1n) is 7.26. The van der Waals surface area contributed by atoms with Gasteiger partial charge in [-0.3, -0.25) is 0 Å². The van der Waals surface area contributed by atoms with E-state index in [1.54, 1.807) is 0 Å². The summed E-state index contributed by atoms with van der Waals surface area (Å²) in [5.41, 5.74) is 0. The molecule has 6 heteroatoms. The average molecular weight is 304 g/mol. The molecule has 0 bridgehead atoms. The minimum atomic E-state index is -1.84. The van der Waals surface area contributed by atoms with Crippen molar-refractivity contribution in [3.05, 3.63) is 0 Å². The van der Waals surface area contributed by atoms with E-state index in [1.807, 2.05) is 13.8 Å². The first-order valence-corrected chi connectivity index (χ1v) is 10.2. The van der Waals surface area contributed by atoms with Gasteiger partial charge in [-0.25, -0.2) is 0 Å². The Bertz CT molecular complexity index is 363. The summed E-state index contributed by atoms with van der Waals surface area (Å²) in [6, 6.07) is 0. The van der Waals surface area contributed by atoms with Gasteiger partial charge in [-0.2, -0.15) is 0 Å². The van der Waals surface area contributed by atoms with Crippen molar-refractivity contribution in [2.75, 3.05) is 6.61 Å². The normalized spacial score (nSPS) is 37.2. The van der Waals surface area contributed by atoms with Crippen LogP contribution in [0.4, 0.5) is 0 Å². The highest BCUT2D eigenvalue weighted by atomic mass is 28.4. The van der Waals surface area contributed by atoms with Gasteiger partial charge < -0.3 is 23.7 Å². The lowest BCUT2D eigenvalue weighted by atomic mass is 10.1. The van der Waals surface area contributed by atoms with E-state index in [9.17, 15) is 5.11 Å². The number of fused-ring (bicyclic) bond motifs is 1. The Balaban J connectivity index is 1.91. The van der Waals surface area contributed by atoms with Gasteiger partial charge in [0.05, 0.1) is 6.61 Å². The summed E-state index contributed by atoms with van der Waals surface area (Å²) in [6.07, 6.45) is -1.99. The highest BCUT2D eigenvalue weighted by Crippen LogP contribution is 2.40. The lowest BCUT2D eigenvalue weighted by Gasteiger charge is -2.37. The predicted molar refractivity (Wildman–Crippen MR) is 77.9 cm³/mol. The molecule has 0 aromatic heterocycles. The van der Waals surface area contributed by atoms with E-state index in [4.69, 9.17) is 18.6 Å². The zero-order valence-corrected chi connectivity index (χ0v) is 14.6. The van der Waals surface area contributed by atoms with Crippen molar-refractivity contribution >= 4 is 8.32 Å². The summed E-state index contributed by atoms with van der Waals surface area (Å²) in [7, 11) is -1.84. The van der Waals surface area contributed by atoms with Gasteiger partial charge in [0.2, 0.25) is 0 Å². The van der Waals surface area contributed by atoms with Gasteiger partial charge >= 0.3 is 0 Å². The van der Waals surface area contributed by atoms with Gasteiger partial charge in [-0.15, -0.1) is 0 Å². The van der Waals surface area contributed by atoms with Crippen molar-refractivity contribution in [2.24, 2.45) is 0 Å². The van der Waals surface area contributed by atoms with Crippen LogP contribution in [0, 0.1) is 0 Å². The smallest absolute Gasteiger partial charge is 0.192 e. The molecule has 4 atom stereocenters. The molecule has 0 amide bonds. The first kappa shape index (κ1) is 16.4. The molecule has 5 nitrogen and oxygen atoms in total. The Kier molecular flexibility index (Phi) is 4.13. The van der Waals surface area contributed by atoms with Gasteiger partial charge in [0.25, 0.3) is 0 Å². The fourth-order valence-electron chi connectivity index (χ4n) is 2.20. The Hall–Kier alpha value is 0.0169. The largest absolute Gasteiger partial charge is 0.414 e. The van der Waals surface area contributed by atoms with Crippen LogP contribution >= 0.6 is 0 Å². The SMILES string of the molecule is CC1(C)OC2O[C@H](CO[Si](C)(C)C(C)(C)C)[C@@H](O)[C@H]2O1. The lowest BCUT2D eigenvalue weighted by molar-refractivity contribution is -0.217. The van der Waals surface area contributed by atoms with Gasteiger partial charge in [0.15, 0.2) is 20.4 Å². The topological polar surface area (TPSA) is 57.2 Å². The molecule has 0 aromatic rings. The molecule has 2 rings (SSSR count). The third kappa shape index (κ3) is 3.10. The lowest BCUT2D eigenvalue weighted by Crippen LogP contribution is -2.45. The maximum Gasteiger partial charge on any atom is 0.192 e. The number of aliphatic hydroxyl groups is 1. The van der Waals surface area contributed by atoms with E-state index >= 15 is 0 Å². The summed E-state index contributed by atoms with van der Waals surface area (Å²) >= 11 is 0. The standard InChI is InChI=1S/C14H28O5Si/c1-13(2,3)20(6,7)16-8-9-10(15)11-12(17-9)19-14(4,5)18-11/h9-12,15H,8H2,1-7H3/t9-,10-,11-,12?/m1/s1. The van der Waals surface area contributed by atoms with Crippen molar-refractivity contribution in [1.29, 1.82) is 0 Å². The van der Waals surface area contributed by atoms with E-state index in [2.05, 4.69) is 33.9 Å². The van der Waals surface area contributed by atoms with E-state index in [0.29, 0.717) is 6.61 Å². The van der Waals surface area contributed by atoms with Crippen LogP contribution in [-0.2, 0) is 18.6 Å². The molecule has 2 fully saturated rings. The molecule has 0 saturated carbocycles. The molecule has 20 heavy (non-hydrogen) atoms. The molecule has 0 radical (unpaired) electrons. The van der Waals surface area contributed by atoms with E-state index in [1.165, 1.54) is 0 Å². The molecule has 0 aromatic carbocycles. The molecule has 118 valence electrons. The molecule has 2 heterocycles. The van der Waals surface area contributed by atoms with Crippen molar-refractivity contribution in [3.63, 3.8) is 0 Å². The molecular formula is C14H28O5Si. The molecule has 0 spiro atoms. The third-order valence-electron chi connectivity index (χ3n) is 4.53. The van der Waals surface area contributed by atoms with Crippen LogP contribution in [0.1, 0.15) is 34.6 Å². The van der Waals surface area contributed by atoms with E-state index < -0.39 is 32.6 Å². The van der Waals surface area contributed by atoms with Crippen molar-refractivity contribution in [2.45, 2.75) is 83.1 Å². The number of hydrogen-bond donors (Lipinski definition) is 1. The molecule has 2 aliphatic heterocycles. The number of ether oxygens (including phenoxy) is 3. The minimum Gasteiger partial charge on any atom is -0.414 e. The summed E-state index contributed by atoms with van der Waals surface area (Å²) in [4.78, 5) is 0. The highest BCUT2D eigenvalue weighted by molar-refractivity contribution is 6.74. The van der Waals surface area contributed by atoms with Crippen LogP contribution < -0.4 is 0 Å². The molecular weight excluding hydrogens is 276 g/mol. The number of aliphatic hydroxyl groups excluding tert-OH is 1.